The molecule has 0 radical (unpaired) electrons. The highest BCUT2D eigenvalue weighted by Gasteiger charge is 2.46. The summed E-state index contributed by atoms with van der Waals surface area (Å²) in [5.74, 6) is 0. The van der Waals surface area contributed by atoms with E-state index in [1.54, 1.807) is 0 Å². The highest BCUT2D eigenvalue weighted by Crippen LogP contribution is 2.52. The predicted molar refractivity (Wildman–Crippen MR) is 307 cm³/mol. The van der Waals surface area contributed by atoms with Gasteiger partial charge in [0.15, 0.2) is 0 Å². The second-order valence-electron chi connectivity index (χ2n) is 20.9. The Bertz CT molecular complexity index is 4360. The quantitative estimate of drug-likeness (QED) is 0.161. The van der Waals surface area contributed by atoms with Crippen LogP contribution in [0.2, 0.25) is 0 Å². The standard InChI is InChI=1S/C68H47BN2O2/c1-68(2,3)49-29-32-59(52(37-49)45-21-11-6-12-22-45)70-61-41-66-56(54-33-46-23-13-14-24-47(46)36-64(54)73-66)39-58(61)69-67-57(34-48(35-62(67)70)43-19-9-5-10-20-43)53-38-55-51-25-15-16-26-63(51)72-65(55)40-60(53)71(69)50-30-27-44(28-31-50)42-17-7-4-8-18-42/h4-41H,1-3H3. The van der Waals surface area contributed by atoms with Crippen LogP contribution in [0.4, 0.5) is 28.4 Å². The molecule has 0 fully saturated rings. The van der Waals surface area contributed by atoms with Gasteiger partial charge in [-0.3, -0.25) is 0 Å². The first-order chi connectivity index (χ1) is 35.8. The van der Waals surface area contributed by atoms with Crippen LogP contribution in [0.5, 0.6) is 0 Å². The number of hydrogen-bond donors (Lipinski definition) is 0. The predicted octanol–water partition coefficient (Wildman–Crippen LogP) is 17.6. The molecule has 0 aliphatic carbocycles. The van der Waals surface area contributed by atoms with E-state index in [9.17, 15) is 0 Å². The van der Waals surface area contributed by atoms with E-state index in [0.29, 0.717) is 0 Å². The summed E-state index contributed by atoms with van der Waals surface area (Å²) in [6, 6.07) is 84.6. The SMILES string of the molecule is CC(C)(C)c1ccc(N2c3cc4oc5cc6ccccc6cc5c4cc3B3c4c(cc(-c5ccccc5)cc42)-c2cc4c(cc2N3c2ccc(-c3ccccc3)cc2)oc2ccccc24)c(-c2ccccc2)c1. The van der Waals surface area contributed by atoms with E-state index in [1.165, 1.54) is 44.1 Å². The zero-order chi connectivity index (χ0) is 48.5. The van der Waals surface area contributed by atoms with Crippen molar-refractivity contribution in [2.45, 2.75) is 26.2 Å². The van der Waals surface area contributed by atoms with E-state index in [0.717, 1.165) is 100.0 Å². The van der Waals surface area contributed by atoms with Gasteiger partial charge in [-0.05, 0) is 127 Å². The third-order valence-electron chi connectivity index (χ3n) is 15.5. The smallest absolute Gasteiger partial charge is 0.333 e. The molecule has 2 aliphatic rings. The Balaban J connectivity index is 1.10. The second-order valence-corrected chi connectivity index (χ2v) is 20.9. The molecule has 11 aromatic carbocycles. The van der Waals surface area contributed by atoms with Gasteiger partial charge in [0.05, 0.1) is 5.69 Å². The minimum Gasteiger partial charge on any atom is -0.456 e. The van der Waals surface area contributed by atoms with Crippen LogP contribution < -0.4 is 20.6 Å². The molecule has 0 saturated carbocycles. The van der Waals surface area contributed by atoms with Gasteiger partial charge in [0, 0.05) is 67.6 Å². The van der Waals surface area contributed by atoms with E-state index in [4.69, 9.17) is 8.83 Å². The summed E-state index contributed by atoms with van der Waals surface area (Å²) in [4.78, 5) is 5.15. The Labute approximate surface area is 424 Å². The van der Waals surface area contributed by atoms with Crippen molar-refractivity contribution in [3.05, 3.63) is 236 Å². The van der Waals surface area contributed by atoms with Gasteiger partial charge in [0.1, 0.15) is 22.3 Å². The van der Waals surface area contributed by atoms with Crippen molar-refractivity contribution in [2.24, 2.45) is 0 Å². The summed E-state index contributed by atoms with van der Waals surface area (Å²) in [5, 5.41) is 6.74. The number of hydrogen-bond acceptors (Lipinski definition) is 4. The fourth-order valence-corrected chi connectivity index (χ4v) is 12.0. The monoisotopic (exact) mass is 934 g/mol. The molecule has 0 bridgehead atoms. The number of benzene rings is 11. The first kappa shape index (κ1) is 41.7. The molecule has 0 amide bonds. The zero-order valence-electron chi connectivity index (χ0n) is 40.7. The van der Waals surface area contributed by atoms with Crippen LogP contribution in [0, 0.1) is 0 Å². The molecular weight excluding hydrogens is 888 g/mol. The number of nitrogens with zero attached hydrogens (tertiary/aromatic N) is 2. The molecule has 15 rings (SSSR count). The van der Waals surface area contributed by atoms with Crippen molar-refractivity contribution >= 4 is 101 Å². The lowest BCUT2D eigenvalue weighted by molar-refractivity contribution is 0.590. The normalized spacial score (nSPS) is 13.1. The molecule has 73 heavy (non-hydrogen) atoms. The number of furan rings is 2. The molecule has 13 aromatic rings. The van der Waals surface area contributed by atoms with Gasteiger partial charge >= 0.3 is 6.85 Å². The van der Waals surface area contributed by atoms with Crippen molar-refractivity contribution < 1.29 is 8.83 Å². The largest absolute Gasteiger partial charge is 0.456 e. The maximum absolute atomic E-state index is 7.02. The second kappa shape index (κ2) is 15.7. The van der Waals surface area contributed by atoms with Crippen molar-refractivity contribution in [3.63, 3.8) is 0 Å². The van der Waals surface area contributed by atoms with E-state index < -0.39 is 0 Å². The zero-order valence-corrected chi connectivity index (χ0v) is 40.7. The van der Waals surface area contributed by atoms with Crippen LogP contribution in [0.1, 0.15) is 26.3 Å². The molecule has 2 aliphatic heterocycles. The van der Waals surface area contributed by atoms with Crippen LogP contribution in [0.25, 0.3) is 99.2 Å². The first-order valence-electron chi connectivity index (χ1n) is 25.3. The fourth-order valence-electron chi connectivity index (χ4n) is 12.0. The lowest BCUT2D eigenvalue weighted by atomic mass is 9.43. The lowest BCUT2D eigenvalue weighted by Gasteiger charge is -2.46. The molecule has 344 valence electrons. The van der Waals surface area contributed by atoms with Gasteiger partial charge < -0.3 is 18.5 Å². The highest BCUT2D eigenvalue weighted by atomic mass is 16.3. The van der Waals surface area contributed by atoms with Crippen molar-refractivity contribution in [1.29, 1.82) is 0 Å². The maximum atomic E-state index is 7.02. The number of anilines is 5. The average molecular weight is 935 g/mol. The summed E-state index contributed by atoms with van der Waals surface area (Å²) >= 11 is 0. The Kier molecular flexibility index (Phi) is 8.98. The minimum absolute atomic E-state index is 0.0772. The molecule has 4 nitrogen and oxygen atoms in total. The molecule has 2 aromatic heterocycles. The molecule has 0 atom stereocenters. The molecule has 5 heteroatoms. The van der Waals surface area contributed by atoms with Gasteiger partial charge in [0.25, 0.3) is 0 Å². The van der Waals surface area contributed by atoms with Crippen LogP contribution in [0.3, 0.4) is 0 Å². The molecule has 0 unspecified atom stereocenters. The summed E-state index contributed by atoms with van der Waals surface area (Å²) in [6.45, 7) is 6.65. The van der Waals surface area contributed by atoms with E-state index in [1.807, 2.05) is 0 Å². The van der Waals surface area contributed by atoms with Gasteiger partial charge in [-0.1, -0.05) is 178 Å². The Hall–Kier alpha value is -9.06. The summed E-state index contributed by atoms with van der Waals surface area (Å²) in [6.07, 6.45) is 0. The van der Waals surface area contributed by atoms with Gasteiger partial charge in [-0.2, -0.15) is 0 Å². The average Bonchev–Trinajstić information content (AvgIpc) is 4.02. The van der Waals surface area contributed by atoms with Gasteiger partial charge in [-0.15, -0.1) is 0 Å². The summed E-state index contributed by atoms with van der Waals surface area (Å²) in [5.41, 5.74) is 21.9. The van der Waals surface area contributed by atoms with E-state index in [2.05, 4.69) is 261 Å². The third-order valence-corrected chi connectivity index (χ3v) is 15.5. The molecule has 0 spiro atoms. The lowest BCUT2D eigenvalue weighted by Crippen LogP contribution is -2.61. The van der Waals surface area contributed by atoms with E-state index >= 15 is 0 Å². The van der Waals surface area contributed by atoms with Gasteiger partial charge in [0.2, 0.25) is 0 Å². The summed E-state index contributed by atoms with van der Waals surface area (Å²) in [7, 11) is 0. The topological polar surface area (TPSA) is 32.8 Å². The Morgan fingerprint density at radius 2 is 0.932 bits per heavy atom. The number of para-hydroxylation sites is 1. The third kappa shape index (κ3) is 6.48. The highest BCUT2D eigenvalue weighted by molar-refractivity contribution is 6.94. The minimum atomic E-state index is -0.262. The molecule has 0 N–H and O–H groups in total. The van der Waals surface area contributed by atoms with Crippen molar-refractivity contribution in [3.8, 4) is 44.5 Å². The Morgan fingerprint density at radius 1 is 0.356 bits per heavy atom. The van der Waals surface area contributed by atoms with Crippen LogP contribution in [0.15, 0.2) is 239 Å². The maximum Gasteiger partial charge on any atom is 0.333 e. The van der Waals surface area contributed by atoms with Crippen LogP contribution in [-0.2, 0) is 5.41 Å². The first-order valence-corrected chi connectivity index (χ1v) is 25.3. The molecule has 4 heterocycles. The van der Waals surface area contributed by atoms with E-state index in [-0.39, 0.29) is 12.3 Å². The fraction of sp³-hybridized carbons (Fsp3) is 0.0588. The molecular formula is C68H47BN2O2. The number of fused-ring (bicyclic) bond motifs is 11. The summed E-state index contributed by atoms with van der Waals surface area (Å²) < 4.78 is 13.8. The molecule has 0 saturated heterocycles. The Morgan fingerprint density at radius 3 is 1.66 bits per heavy atom. The van der Waals surface area contributed by atoms with Crippen LogP contribution >= 0.6 is 0 Å². The number of rotatable bonds is 5. The van der Waals surface area contributed by atoms with Crippen LogP contribution in [-0.4, -0.2) is 6.85 Å². The van der Waals surface area contributed by atoms with Crippen molar-refractivity contribution in [2.75, 3.05) is 9.71 Å². The van der Waals surface area contributed by atoms with Crippen molar-refractivity contribution in [1.82, 2.24) is 0 Å². The van der Waals surface area contributed by atoms with Gasteiger partial charge in [-0.25, -0.2) is 0 Å².